The molecule has 218 valence electrons. The summed E-state index contributed by atoms with van der Waals surface area (Å²) < 4.78 is 24.6. The van der Waals surface area contributed by atoms with E-state index in [2.05, 4.69) is 49.3 Å². The summed E-state index contributed by atoms with van der Waals surface area (Å²) in [6, 6.07) is 10.7. The molecule has 1 aromatic heterocycles. The molecule has 2 heterocycles. The number of carbonyl (C=O) groups is 1. The van der Waals surface area contributed by atoms with E-state index in [9.17, 15) is 9.36 Å². The SMILES string of the molecule is C=CC(=O)Nc1cc(Nc2ncc(Cl)c(Nc3ccccc3P(C)(C)=O)n2)c(OC)cc1OCN1CCN(C)CC1. The van der Waals surface area contributed by atoms with Crippen molar-refractivity contribution in [3.8, 4) is 11.5 Å². The molecule has 1 saturated heterocycles. The van der Waals surface area contributed by atoms with Crippen LogP contribution in [0, 0.1) is 0 Å². The number of ether oxygens (including phenoxy) is 2. The molecule has 1 aliphatic heterocycles. The summed E-state index contributed by atoms with van der Waals surface area (Å²) >= 11 is 6.41. The number of nitrogens with one attached hydrogen (secondary N) is 3. The van der Waals surface area contributed by atoms with E-state index in [1.165, 1.54) is 19.4 Å². The topological polar surface area (TPSA) is 121 Å². The molecule has 0 saturated carbocycles. The fourth-order valence-electron chi connectivity index (χ4n) is 4.18. The summed E-state index contributed by atoms with van der Waals surface area (Å²) in [5, 5.41) is 10.1. The third-order valence-electron chi connectivity index (χ3n) is 6.47. The van der Waals surface area contributed by atoms with E-state index in [4.69, 9.17) is 21.1 Å². The predicted molar refractivity (Wildman–Crippen MR) is 166 cm³/mol. The molecule has 1 aliphatic rings. The third-order valence-corrected chi connectivity index (χ3v) is 8.30. The lowest BCUT2D eigenvalue weighted by molar-refractivity contribution is -0.111. The van der Waals surface area contributed by atoms with Crippen LogP contribution in [-0.4, -0.2) is 86.1 Å². The number of aromatic nitrogens is 2. The number of likely N-dealkylation sites (N-methyl/N-ethyl adjacent to an activating group) is 1. The molecule has 0 atom stereocenters. The van der Waals surface area contributed by atoms with Crippen molar-refractivity contribution in [2.45, 2.75) is 0 Å². The Morgan fingerprint density at radius 1 is 1.10 bits per heavy atom. The number of piperazine rings is 1. The Morgan fingerprint density at radius 3 is 2.51 bits per heavy atom. The van der Waals surface area contributed by atoms with Gasteiger partial charge in [-0.3, -0.25) is 9.69 Å². The van der Waals surface area contributed by atoms with E-state index in [1.807, 2.05) is 24.3 Å². The van der Waals surface area contributed by atoms with E-state index in [-0.39, 0.29) is 16.9 Å². The number of rotatable bonds is 11. The maximum atomic E-state index is 12.8. The minimum absolute atomic E-state index is 0.218. The van der Waals surface area contributed by atoms with E-state index in [0.717, 1.165) is 26.2 Å². The van der Waals surface area contributed by atoms with E-state index < -0.39 is 7.14 Å². The lowest BCUT2D eigenvalue weighted by Crippen LogP contribution is -2.45. The average molecular weight is 600 g/mol. The summed E-state index contributed by atoms with van der Waals surface area (Å²) in [6.45, 7) is 11.0. The maximum absolute atomic E-state index is 12.8. The van der Waals surface area contributed by atoms with Crippen molar-refractivity contribution in [3.63, 3.8) is 0 Å². The van der Waals surface area contributed by atoms with Crippen LogP contribution in [0.15, 0.2) is 55.3 Å². The first-order valence-corrected chi connectivity index (χ1v) is 16.0. The fourth-order valence-corrected chi connectivity index (χ4v) is 5.47. The molecule has 0 radical (unpaired) electrons. The van der Waals surface area contributed by atoms with Crippen molar-refractivity contribution in [2.24, 2.45) is 0 Å². The van der Waals surface area contributed by atoms with E-state index in [1.54, 1.807) is 25.5 Å². The van der Waals surface area contributed by atoms with Crippen molar-refractivity contribution in [1.29, 1.82) is 0 Å². The van der Waals surface area contributed by atoms with Crippen molar-refractivity contribution in [3.05, 3.63) is 60.3 Å². The highest BCUT2D eigenvalue weighted by molar-refractivity contribution is 7.70. The summed E-state index contributed by atoms with van der Waals surface area (Å²) in [6.07, 6.45) is 2.64. The molecule has 0 aliphatic carbocycles. The highest BCUT2D eigenvalue weighted by Crippen LogP contribution is 2.40. The van der Waals surface area contributed by atoms with Gasteiger partial charge in [-0.1, -0.05) is 30.3 Å². The zero-order chi connectivity index (χ0) is 29.6. The van der Waals surface area contributed by atoms with Gasteiger partial charge in [-0.25, -0.2) is 4.98 Å². The Kier molecular flexibility index (Phi) is 9.88. The molecule has 0 unspecified atom stereocenters. The second-order valence-corrected chi connectivity index (χ2v) is 13.5. The molecule has 41 heavy (non-hydrogen) atoms. The molecule has 0 spiro atoms. The largest absolute Gasteiger partial charge is 0.494 e. The van der Waals surface area contributed by atoms with Gasteiger partial charge in [-0.05, 0) is 44.7 Å². The molecule has 3 aromatic rings. The summed E-state index contributed by atoms with van der Waals surface area (Å²) in [5.41, 5.74) is 1.55. The fraction of sp³-hybridized carbons (Fsp3) is 0.321. The first-order chi connectivity index (χ1) is 19.6. The Bertz CT molecular complexity index is 1460. The number of amides is 1. The van der Waals surface area contributed by atoms with E-state index >= 15 is 0 Å². The summed E-state index contributed by atoms with van der Waals surface area (Å²) in [5.74, 6) is 1.06. The molecule has 13 heteroatoms. The number of para-hydroxylation sites is 1. The van der Waals surface area contributed by atoms with Gasteiger partial charge >= 0.3 is 0 Å². The number of nitrogens with zero attached hydrogens (tertiary/aromatic N) is 4. The standard InChI is InChI=1S/C28H35ClN7O4P/c1-6-26(37)31-22-15-21(23(39-3)16-24(22)40-18-36-13-11-35(2)12-14-36)33-28-30-17-19(29)27(34-28)32-20-9-7-8-10-25(20)41(4,5)38/h6-10,15-17H,1,11-14,18H2,2-5H3,(H,31,37)(H2,30,32,33,34). The summed E-state index contributed by atoms with van der Waals surface area (Å²) in [7, 11) is 1.06. The zero-order valence-electron chi connectivity index (χ0n) is 23.6. The number of halogens is 1. The number of methoxy groups -OCH3 is 1. The Balaban J connectivity index is 1.61. The van der Waals surface area contributed by atoms with Crippen LogP contribution in [0.25, 0.3) is 0 Å². The first kappa shape index (κ1) is 30.3. The van der Waals surface area contributed by atoms with Crippen LogP contribution in [0.2, 0.25) is 5.02 Å². The molecule has 0 bridgehead atoms. The number of hydrogen-bond acceptors (Lipinski definition) is 10. The van der Waals surface area contributed by atoms with Gasteiger partial charge in [0, 0.05) is 37.5 Å². The maximum Gasteiger partial charge on any atom is 0.247 e. The van der Waals surface area contributed by atoms with Crippen molar-refractivity contribution < 1.29 is 18.8 Å². The van der Waals surface area contributed by atoms with Crippen molar-refractivity contribution in [2.75, 3.05) is 76.3 Å². The van der Waals surface area contributed by atoms with Gasteiger partial charge in [0.1, 0.15) is 30.4 Å². The minimum atomic E-state index is -2.57. The molecule has 1 fully saturated rings. The van der Waals surface area contributed by atoms with Gasteiger partial charge < -0.3 is 34.9 Å². The molecule has 11 nitrogen and oxygen atoms in total. The molecular formula is C28H35ClN7O4P. The van der Waals surface area contributed by atoms with Gasteiger partial charge in [0.25, 0.3) is 0 Å². The number of carbonyl (C=O) groups excluding carboxylic acids is 1. The van der Waals surface area contributed by atoms with Crippen LogP contribution in [0.4, 0.5) is 28.8 Å². The molecule has 1 amide bonds. The lowest BCUT2D eigenvalue weighted by atomic mass is 10.2. The third kappa shape index (κ3) is 7.98. The second kappa shape index (κ2) is 13.4. The zero-order valence-corrected chi connectivity index (χ0v) is 25.3. The minimum Gasteiger partial charge on any atom is -0.494 e. The number of anilines is 5. The molecular weight excluding hydrogens is 565 g/mol. The van der Waals surface area contributed by atoms with Gasteiger partial charge in [-0.15, -0.1) is 0 Å². The highest BCUT2D eigenvalue weighted by atomic mass is 35.5. The molecule has 2 aromatic carbocycles. The monoisotopic (exact) mass is 599 g/mol. The van der Waals surface area contributed by atoms with Crippen molar-refractivity contribution in [1.82, 2.24) is 19.8 Å². The van der Waals surface area contributed by atoms with Crippen molar-refractivity contribution >= 4 is 58.8 Å². The van der Waals surface area contributed by atoms with Crippen LogP contribution < -0.4 is 30.7 Å². The van der Waals surface area contributed by atoms with Gasteiger partial charge in [0.05, 0.1) is 30.4 Å². The predicted octanol–water partition coefficient (Wildman–Crippen LogP) is 4.58. The summed E-state index contributed by atoms with van der Waals surface area (Å²) in [4.78, 5) is 25.5. The van der Waals surface area contributed by atoms with Crippen LogP contribution in [0.3, 0.4) is 0 Å². The Hall–Kier alpha value is -3.63. The second-order valence-electron chi connectivity index (χ2n) is 9.94. The first-order valence-electron chi connectivity index (χ1n) is 13.0. The van der Waals surface area contributed by atoms with Crippen LogP contribution in [0.1, 0.15) is 0 Å². The Morgan fingerprint density at radius 2 is 1.83 bits per heavy atom. The van der Waals surface area contributed by atoms with E-state index in [0.29, 0.717) is 46.4 Å². The van der Waals surface area contributed by atoms with Crippen LogP contribution in [0.5, 0.6) is 11.5 Å². The number of benzene rings is 2. The normalized spacial score (nSPS) is 14.3. The van der Waals surface area contributed by atoms with Gasteiger partial charge in [0.2, 0.25) is 11.9 Å². The quantitative estimate of drug-likeness (QED) is 0.213. The van der Waals surface area contributed by atoms with Gasteiger partial charge in [0.15, 0.2) is 5.82 Å². The Labute approximate surface area is 245 Å². The molecule has 4 rings (SSSR count). The van der Waals surface area contributed by atoms with Crippen LogP contribution >= 0.6 is 18.7 Å². The molecule has 3 N–H and O–H groups in total. The number of hydrogen-bond donors (Lipinski definition) is 3. The highest BCUT2D eigenvalue weighted by Gasteiger charge is 2.20. The smallest absolute Gasteiger partial charge is 0.247 e. The van der Waals surface area contributed by atoms with Crippen LogP contribution in [-0.2, 0) is 9.36 Å². The lowest BCUT2D eigenvalue weighted by Gasteiger charge is -2.32. The average Bonchev–Trinajstić information content (AvgIpc) is 2.95. The van der Waals surface area contributed by atoms with Gasteiger partial charge in [-0.2, -0.15) is 4.98 Å².